The molecule has 0 spiro atoms. The van der Waals surface area contributed by atoms with Crippen molar-refractivity contribution in [2.75, 3.05) is 13.1 Å². The summed E-state index contributed by atoms with van der Waals surface area (Å²) in [6.07, 6.45) is 5.84. The maximum Gasteiger partial charge on any atom is 0.227 e. The molecule has 1 aliphatic rings. The van der Waals surface area contributed by atoms with Gasteiger partial charge in [-0.15, -0.1) is 0 Å². The summed E-state index contributed by atoms with van der Waals surface area (Å²) < 4.78 is 0. The third-order valence-electron chi connectivity index (χ3n) is 5.05. The van der Waals surface area contributed by atoms with E-state index in [1.54, 1.807) is 12.4 Å². The summed E-state index contributed by atoms with van der Waals surface area (Å²) in [7, 11) is 0. The molecule has 25 heavy (non-hydrogen) atoms. The number of piperidine rings is 1. The number of amides is 1. The number of rotatable bonds is 3. The van der Waals surface area contributed by atoms with Crippen molar-refractivity contribution in [1.29, 1.82) is 0 Å². The minimum atomic E-state index is 0.187. The zero-order valence-electron chi connectivity index (χ0n) is 14.4. The molecule has 0 aliphatic carbocycles. The number of para-hydroxylation sites is 1. The Bertz CT molecular complexity index is 879. The lowest BCUT2D eigenvalue weighted by atomic mass is 9.96. The molecule has 1 fully saturated rings. The van der Waals surface area contributed by atoms with Gasteiger partial charge in [0.25, 0.3) is 0 Å². The van der Waals surface area contributed by atoms with Crippen molar-refractivity contribution in [1.82, 2.24) is 19.9 Å². The van der Waals surface area contributed by atoms with Crippen LogP contribution in [0, 0.1) is 6.92 Å². The number of aryl methyl sites for hydroxylation is 1. The van der Waals surface area contributed by atoms with Gasteiger partial charge < -0.3 is 9.88 Å². The van der Waals surface area contributed by atoms with Gasteiger partial charge in [0.05, 0.1) is 17.5 Å². The molecule has 5 heteroatoms. The number of H-pyrrole nitrogens is 1. The predicted molar refractivity (Wildman–Crippen MR) is 97.3 cm³/mol. The van der Waals surface area contributed by atoms with Crippen LogP contribution < -0.4 is 0 Å². The van der Waals surface area contributed by atoms with E-state index in [0.717, 1.165) is 48.4 Å². The second kappa shape index (κ2) is 6.67. The van der Waals surface area contributed by atoms with Crippen LogP contribution in [0.5, 0.6) is 0 Å². The number of fused-ring (bicyclic) bond motifs is 1. The Kier molecular flexibility index (Phi) is 4.22. The number of hydrogen-bond donors (Lipinski definition) is 1. The number of aromatic nitrogens is 3. The molecule has 0 unspecified atom stereocenters. The fourth-order valence-corrected chi connectivity index (χ4v) is 3.58. The van der Waals surface area contributed by atoms with Crippen LogP contribution in [0.2, 0.25) is 0 Å². The molecule has 1 aromatic carbocycles. The van der Waals surface area contributed by atoms with Crippen LogP contribution in [-0.2, 0) is 11.2 Å². The summed E-state index contributed by atoms with van der Waals surface area (Å²) in [6.45, 7) is 3.67. The molecule has 3 heterocycles. The third kappa shape index (κ3) is 3.27. The molecular formula is C20H22N4O. The Morgan fingerprint density at radius 1 is 1.24 bits per heavy atom. The van der Waals surface area contributed by atoms with Gasteiger partial charge in [0.2, 0.25) is 5.91 Å². The number of hydrogen-bond acceptors (Lipinski definition) is 3. The molecule has 0 atom stereocenters. The number of likely N-dealkylation sites (tertiary alicyclic amines) is 1. The van der Waals surface area contributed by atoms with Gasteiger partial charge in [-0.05, 0) is 43.0 Å². The number of nitrogens with one attached hydrogen (secondary N) is 1. The Morgan fingerprint density at radius 2 is 2.08 bits per heavy atom. The molecule has 0 bridgehead atoms. The largest absolute Gasteiger partial charge is 0.342 e. The van der Waals surface area contributed by atoms with Gasteiger partial charge >= 0.3 is 0 Å². The first-order valence-corrected chi connectivity index (χ1v) is 8.82. The zero-order valence-corrected chi connectivity index (χ0v) is 14.4. The summed E-state index contributed by atoms with van der Waals surface area (Å²) in [5.41, 5.74) is 4.34. The van der Waals surface area contributed by atoms with Crippen molar-refractivity contribution in [3.05, 3.63) is 59.7 Å². The van der Waals surface area contributed by atoms with E-state index >= 15 is 0 Å². The second-order valence-electron chi connectivity index (χ2n) is 6.79. The first-order valence-electron chi connectivity index (χ1n) is 8.82. The lowest BCUT2D eigenvalue weighted by molar-refractivity contribution is -0.131. The summed E-state index contributed by atoms with van der Waals surface area (Å²) in [5, 5.41) is 0. The van der Waals surface area contributed by atoms with Gasteiger partial charge in [-0.2, -0.15) is 0 Å². The number of carbonyl (C=O) groups excluding carboxylic acids is 1. The Balaban J connectivity index is 1.40. The highest BCUT2D eigenvalue weighted by molar-refractivity contribution is 5.79. The fourth-order valence-electron chi connectivity index (χ4n) is 3.58. The van der Waals surface area contributed by atoms with E-state index in [4.69, 9.17) is 4.98 Å². The number of benzene rings is 1. The third-order valence-corrected chi connectivity index (χ3v) is 5.05. The van der Waals surface area contributed by atoms with Gasteiger partial charge in [-0.3, -0.25) is 9.78 Å². The minimum absolute atomic E-state index is 0.187. The number of carbonyl (C=O) groups is 1. The van der Waals surface area contributed by atoms with Crippen LogP contribution in [0.4, 0.5) is 0 Å². The van der Waals surface area contributed by atoms with Crippen LogP contribution in [0.1, 0.15) is 35.7 Å². The maximum atomic E-state index is 12.5. The van der Waals surface area contributed by atoms with Crippen LogP contribution in [0.15, 0.2) is 42.7 Å². The number of nitrogens with zero attached hydrogens (tertiary/aromatic N) is 3. The number of imidazole rings is 1. The first-order chi connectivity index (χ1) is 12.2. The average molecular weight is 334 g/mol. The normalized spacial score (nSPS) is 15.6. The van der Waals surface area contributed by atoms with Crippen LogP contribution in [-0.4, -0.2) is 38.8 Å². The SMILES string of the molecule is Cc1cccc2[nH]c(C3CCN(C(=O)Cc4cccnc4)CC3)nc12. The highest BCUT2D eigenvalue weighted by Crippen LogP contribution is 2.28. The van der Waals surface area contributed by atoms with E-state index in [2.05, 4.69) is 35.1 Å². The van der Waals surface area contributed by atoms with Gasteiger partial charge in [-0.25, -0.2) is 4.98 Å². The van der Waals surface area contributed by atoms with Gasteiger partial charge in [0.1, 0.15) is 5.82 Å². The summed E-state index contributed by atoms with van der Waals surface area (Å²) in [4.78, 5) is 26.8. The molecule has 128 valence electrons. The van der Waals surface area contributed by atoms with Crippen molar-refractivity contribution < 1.29 is 4.79 Å². The highest BCUT2D eigenvalue weighted by atomic mass is 16.2. The lowest BCUT2D eigenvalue weighted by Gasteiger charge is -2.31. The van der Waals surface area contributed by atoms with Crippen LogP contribution in [0.25, 0.3) is 11.0 Å². The maximum absolute atomic E-state index is 12.5. The second-order valence-corrected chi connectivity index (χ2v) is 6.79. The molecule has 0 radical (unpaired) electrons. The lowest BCUT2D eigenvalue weighted by Crippen LogP contribution is -2.39. The van der Waals surface area contributed by atoms with Crippen molar-refractivity contribution in [3.63, 3.8) is 0 Å². The molecule has 4 rings (SSSR count). The Hall–Kier alpha value is -2.69. The monoisotopic (exact) mass is 334 g/mol. The fraction of sp³-hybridized carbons (Fsp3) is 0.350. The topological polar surface area (TPSA) is 61.9 Å². The van der Waals surface area contributed by atoms with E-state index in [-0.39, 0.29) is 5.91 Å². The highest BCUT2D eigenvalue weighted by Gasteiger charge is 2.25. The molecule has 1 aliphatic heterocycles. The molecule has 5 nitrogen and oxygen atoms in total. The smallest absolute Gasteiger partial charge is 0.227 e. The van der Waals surface area contributed by atoms with E-state index in [0.29, 0.717) is 12.3 Å². The average Bonchev–Trinajstić information content (AvgIpc) is 3.08. The van der Waals surface area contributed by atoms with E-state index in [1.807, 2.05) is 17.0 Å². The van der Waals surface area contributed by atoms with Crippen LogP contribution >= 0.6 is 0 Å². The molecular weight excluding hydrogens is 312 g/mol. The first kappa shape index (κ1) is 15.8. The molecule has 3 aromatic rings. The molecule has 1 saturated heterocycles. The number of pyridine rings is 1. The predicted octanol–water partition coefficient (Wildman–Crippen LogP) is 3.22. The van der Waals surface area contributed by atoms with Crippen LogP contribution in [0.3, 0.4) is 0 Å². The summed E-state index contributed by atoms with van der Waals surface area (Å²) >= 11 is 0. The van der Waals surface area contributed by atoms with Crippen molar-refractivity contribution in [2.24, 2.45) is 0 Å². The zero-order chi connectivity index (χ0) is 17.2. The van der Waals surface area contributed by atoms with E-state index in [9.17, 15) is 4.79 Å². The molecule has 0 saturated carbocycles. The molecule has 1 N–H and O–H groups in total. The number of aromatic amines is 1. The van der Waals surface area contributed by atoms with E-state index < -0.39 is 0 Å². The molecule has 2 aromatic heterocycles. The van der Waals surface area contributed by atoms with Crippen molar-refractivity contribution >= 4 is 16.9 Å². The van der Waals surface area contributed by atoms with Crippen molar-refractivity contribution in [2.45, 2.75) is 32.1 Å². The Morgan fingerprint density at radius 3 is 2.80 bits per heavy atom. The van der Waals surface area contributed by atoms with Gasteiger partial charge in [0.15, 0.2) is 0 Å². The Labute approximate surface area is 147 Å². The van der Waals surface area contributed by atoms with Crippen molar-refractivity contribution in [3.8, 4) is 0 Å². The molecule has 1 amide bonds. The minimum Gasteiger partial charge on any atom is -0.342 e. The van der Waals surface area contributed by atoms with E-state index in [1.165, 1.54) is 5.56 Å². The summed E-state index contributed by atoms with van der Waals surface area (Å²) in [6, 6.07) is 10.0. The standard InChI is InChI=1S/C20H22N4O/c1-14-4-2-6-17-19(14)23-20(22-17)16-7-10-24(11-8-16)18(25)12-15-5-3-9-21-13-15/h2-6,9,13,16H,7-8,10-12H2,1H3,(H,22,23). The quantitative estimate of drug-likeness (QED) is 0.800. The van der Waals surface area contributed by atoms with Gasteiger partial charge in [-0.1, -0.05) is 18.2 Å². The van der Waals surface area contributed by atoms with Gasteiger partial charge in [0, 0.05) is 31.4 Å². The summed E-state index contributed by atoms with van der Waals surface area (Å²) in [5.74, 6) is 1.64.